The molecule has 0 saturated carbocycles. The van der Waals surface area contributed by atoms with Crippen LogP contribution in [-0.4, -0.2) is 35.9 Å². The quantitative estimate of drug-likeness (QED) is 0.635. The first kappa shape index (κ1) is 20.6. The number of benzene rings is 2. The van der Waals surface area contributed by atoms with Crippen LogP contribution in [-0.2, 0) is 17.8 Å². The maximum Gasteiger partial charge on any atom is 0.227 e. The van der Waals surface area contributed by atoms with Gasteiger partial charge in [0.2, 0.25) is 5.91 Å². The summed E-state index contributed by atoms with van der Waals surface area (Å²) in [5, 5.41) is 3.68. The number of likely N-dealkylation sites (tertiary alicyclic amines) is 1. The summed E-state index contributed by atoms with van der Waals surface area (Å²) in [6, 6.07) is 20.4. The van der Waals surface area contributed by atoms with Crippen molar-refractivity contribution in [3.05, 3.63) is 89.2 Å². The average molecular weight is 420 g/mol. The first-order chi connectivity index (χ1) is 14.6. The normalized spacial score (nSPS) is 19.0. The van der Waals surface area contributed by atoms with Crippen molar-refractivity contribution in [2.45, 2.75) is 19.4 Å². The van der Waals surface area contributed by atoms with E-state index < -0.39 is 5.41 Å². The lowest BCUT2D eigenvalue weighted by Crippen LogP contribution is -2.43. The molecule has 0 spiro atoms. The van der Waals surface area contributed by atoms with Crippen LogP contribution in [0.25, 0.3) is 11.1 Å². The van der Waals surface area contributed by atoms with Gasteiger partial charge in [0.05, 0.1) is 5.41 Å². The molecule has 1 fully saturated rings. The molecule has 1 unspecified atom stereocenters. The molecule has 0 radical (unpaired) electrons. The predicted octanol–water partition coefficient (Wildman–Crippen LogP) is 4.58. The second-order valence-electron chi connectivity index (χ2n) is 8.03. The molecule has 1 amide bonds. The van der Waals surface area contributed by atoms with E-state index >= 15 is 0 Å². The Hall–Kier alpha value is -2.69. The summed E-state index contributed by atoms with van der Waals surface area (Å²) in [4.78, 5) is 19.4. The van der Waals surface area contributed by atoms with Crippen molar-refractivity contribution in [3.8, 4) is 11.1 Å². The number of amides is 1. The lowest BCUT2D eigenvalue weighted by atomic mass is 9.79. The first-order valence-electron chi connectivity index (χ1n) is 10.3. The van der Waals surface area contributed by atoms with Crippen LogP contribution >= 0.6 is 11.6 Å². The molecule has 2 aromatic carbocycles. The van der Waals surface area contributed by atoms with E-state index in [4.69, 9.17) is 11.6 Å². The number of nitrogens with one attached hydrogen (secondary N) is 1. The van der Waals surface area contributed by atoms with E-state index in [0.29, 0.717) is 0 Å². The first-order valence-corrected chi connectivity index (χ1v) is 10.6. The molecule has 30 heavy (non-hydrogen) atoms. The van der Waals surface area contributed by atoms with E-state index in [1.165, 1.54) is 5.56 Å². The Morgan fingerprint density at radius 2 is 1.90 bits per heavy atom. The van der Waals surface area contributed by atoms with Gasteiger partial charge < -0.3 is 5.32 Å². The number of carbonyl (C=O) groups excluding carboxylic acids is 1. The number of hydrogen-bond donors (Lipinski definition) is 1. The van der Waals surface area contributed by atoms with Crippen LogP contribution < -0.4 is 5.32 Å². The van der Waals surface area contributed by atoms with Crippen LogP contribution in [0.3, 0.4) is 0 Å². The van der Waals surface area contributed by atoms with E-state index in [0.717, 1.165) is 54.2 Å². The Morgan fingerprint density at radius 1 is 1.10 bits per heavy atom. The summed E-state index contributed by atoms with van der Waals surface area (Å²) in [6.45, 7) is 2.37. The number of nitrogens with zero attached hydrogens (tertiary/aromatic N) is 2. The van der Waals surface area contributed by atoms with Gasteiger partial charge in [0.25, 0.3) is 0 Å². The highest BCUT2D eigenvalue weighted by Crippen LogP contribution is 2.36. The van der Waals surface area contributed by atoms with E-state index in [9.17, 15) is 4.79 Å². The number of rotatable bonds is 6. The number of aromatic nitrogens is 1. The molecule has 154 valence electrons. The SMILES string of the molecule is CNC(=O)C1(Cc2ccc(-c3cccnc3)cc2)CCN(Cc2ccccc2Cl)C1. The fourth-order valence-corrected chi connectivity index (χ4v) is 4.57. The van der Waals surface area contributed by atoms with Gasteiger partial charge in [0.1, 0.15) is 0 Å². The highest BCUT2D eigenvalue weighted by atomic mass is 35.5. The summed E-state index contributed by atoms with van der Waals surface area (Å²) in [5.41, 5.74) is 4.08. The van der Waals surface area contributed by atoms with Crippen molar-refractivity contribution in [2.75, 3.05) is 20.1 Å². The number of carbonyl (C=O) groups is 1. The van der Waals surface area contributed by atoms with Crippen LogP contribution in [0.1, 0.15) is 17.5 Å². The van der Waals surface area contributed by atoms with Crippen LogP contribution in [0.15, 0.2) is 73.1 Å². The minimum Gasteiger partial charge on any atom is -0.359 e. The van der Waals surface area contributed by atoms with Crippen molar-refractivity contribution in [2.24, 2.45) is 5.41 Å². The van der Waals surface area contributed by atoms with Crippen molar-refractivity contribution >= 4 is 17.5 Å². The molecule has 3 aromatic rings. The Balaban J connectivity index is 1.51. The second-order valence-corrected chi connectivity index (χ2v) is 8.43. The lowest BCUT2D eigenvalue weighted by molar-refractivity contribution is -0.130. The zero-order chi connectivity index (χ0) is 21.0. The standard InChI is InChI=1S/C25H26ClN3O/c1-27-24(30)25(12-14-29(18-25)17-22-5-2-3-7-23(22)26)15-19-8-10-20(11-9-19)21-6-4-13-28-16-21/h2-11,13,16H,12,14-15,17-18H2,1H3,(H,27,30). The molecule has 4 rings (SSSR count). The third-order valence-corrected chi connectivity index (χ3v) is 6.35. The van der Waals surface area contributed by atoms with Crippen molar-refractivity contribution in [3.63, 3.8) is 0 Å². The van der Waals surface area contributed by atoms with Crippen LogP contribution in [0.4, 0.5) is 0 Å². The lowest BCUT2D eigenvalue weighted by Gasteiger charge is -2.28. The molecule has 4 nitrogen and oxygen atoms in total. The Kier molecular flexibility index (Phi) is 6.16. The van der Waals surface area contributed by atoms with Crippen molar-refractivity contribution in [1.82, 2.24) is 15.2 Å². The summed E-state index contributed by atoms with van der Waals surface area (Å²) in [6.07, 6.45) is 5.20. The van der Waals surface area contributed by atoms with Crippen LogP contribution in [0, 0.1) is 5.41 Å². The maximum atomic E-state index is 12.9. The fourth-order valence-electron chi connectivity index (χ4n) is 4.38. The third-order valence-electron chi connectivity index (χ3n) is 5.98. The molecule has 1 aromatic heterocycles. The van der Waals surface area contributed by atoms with Gasteiger partial charge in [-0.15, -0.1) is 0 Å². The number of pyridine rings is 1. The monoisotopic (exact) mass is 419 g/mol. The third kappa shape index (κ3) is 4.40. The summed E-state index contributed by atoms with van der Waals surface area (Å²) >= 11 is 6.35. The second kappa shape index (κ2) is 8.99. The van der Waals surface area contributed by atoms with Gasteiger partial charge in [-0.3, -0.25) is 14.7 Å². The minimum absolute atomic E-state index is 0.112. The van der Waals surface area contributed by atoms with Gasteiger partial charge in [0.15, 0.2) is 0 Å². The van der Waals surface area contributed by atoms with Gasteiger partial charge in [-0.25, -0.2) is 0 Å². The van der Waals surface area contributed by atoms with E-state index in [-0.39, 0.29) is 5.91 Å². The molecule has 1 aliphatic heterocycles. The predicted molar refractivity (Wildman–Crippen MR) is 121 cm³/mol. The molecule has 1 N–H and O–H groups in total. The zero-order valence-electron chi connectivity index (χ0n) is 17.1. The van der Waals surface area contributed by atoms with Gasteiger partial charge in [-0.2, -0.15) is 0 Å². The molecular weight excluding hydrogens is 394 g/mol. The van der Waals surface area contributed by atoms with E-state index in [2.05, 4.69) is 51.6 Å². The smallest absolute Gasteiger partial charge is 0.227 e. The summed E-state index contributed by atoms with van der Waals surface area (Å²) < 4.78 is 0. The topological polar surface area (TPSA) is 45.2 Å². The summed E-state index contributed by atoms with van der Waals surface area (Å²) in [5.74, 6) is 0.112. The van der Waals surface area contributed by atoms with E-state index in [1.54, 1.807) is 13.2 Å². The van der Waals surface area contributed by atoms with Crippen LogP contribution in [0.5, 0.6) is 0 Å². The van der Waals surface area contributed by atoms with Crippen LogP contribution in [0.2, 0.25) is 5.02 Å². The highest BCUT2D eigenvalue weighted by Gasteiger charge is 2.44. The molecule has 1 aliphatic rings. The van der Waals surface area contributed by atoms with Gasteiger partial charge in [0, 0.05) is 37.6 Å². The maximum absolute atomic E-state index is 12.9. The molecule has 0 aliphatic carbocycles. The molecule has 1 atom stereocenters. The molecule has 0 bridgehead atoms. The minimum atomic E-state index is -0.425. The van der Waals surface area contributed by atoms with Crippen molar-refractivity contribution in [1.29, 1.82) is 0 Å². The highest BCUT2D eigenvalue weighted by molar-refractivity contribution is 6.31. The Labute approximate surface area is 182 Å². The van der Waals surface area contributed by atoms with E-state index in [1.807, 2.05) is 30.5 Å². The Morgan fingerprint density at radius 3 is 2.60 bits per heavy atom. The fraction of sp³-hybridized carbons (Fsp3) is 0.280. The summed E-state index contributed by atoms with van der Waals surface area (Å²) in [7, 11) is 1.73. The van der Waals surface area contributed by atoms with Gasteiger partial charge in [-0.1, -0.05) is 60.1 Å². The van der Waals surface area contributed by atoms with Gasteiger partial charge >= 0.3 is 0 Å². The molecule has 1 saturated heterocycles. The van der Waals surface area contributed by atoms with Crippen molar-refractivity contribution < 1.29 is 4.79 Å². The molecular formula is C25H26ClN3O. The largest absolute Gasteiger partial charge is 0.359 e. The number of halogens is 1. The average Bonchev–Trinajstić information content (AvgIpc) is 3.19. The van der Waals surface area contributed by atoms with Gasteiger partial charge in [-0.05, 0) is 53.8 Å². The molecule has 2 heterocycles. The molecule has 5 heteroatoms. The number of hydrogen-bond acceptors (Lipinski definition) is 3. The Bertz CT molecular complexity index is 1010. The zero-order valence-corrected chi connectivity index (χ0v) is 17.9.